The van der Waals surface area contributed by atoms with Crippen LogP contribution in [0.5, 0.6) is 11.6 Å². The highest BCUT2D eigenvalue weighted by atomic mass is 35.5. The van der Waals surface area contributed by atoms with Crippen LogP contribution in [0.2, 0.25) is 5.02 Å². The smallest absolute Gasteiger partial charge is 0.237 e. The van der Waals surface area contributed by atoms with Crippen molar-refractivity contribution in [3.63, 3.8) is 0 Å². The molecule has 0 aliphatic carbocycles. The van der Waals surface area contributed by atoms with Crippen LogP contribution in [0.3, 0.4) is 0 Å². The molecule has 0 unspecified atom stereocenters. The summed E-state index contributed by atoms with van der Waals surface area (Å²) >= 11 is 5.73. The van der Waals surface area contributed by atoms with Gasteiger partial charge < -0.3 is 4.74 Å². The van der Waals surface area contributed by atoms with Crippen molar-refractivity contribution < 1.29 is 4.74 Å². The number of rotatable bonds is 2. The highest BCUT2D eigenvalue weighted by Crippen LogP contribution is 2.20. The maximum Gasteiger partial charge on any atom is 0.237 e. The van der Waals surface area contributed by atoms with E-state index in [9.17, 15) is 0 Å². The molecule has 1 aromatic heterocycles. The minimum absolute atomic E-state index is 0.253. The lowest BCUT2D eigenvalue weighted by atomic mass is 10.3. The largest absolute Gasteiger partial charge is 0.438 e. The number of nitriles is 1. The second-order valence-electron chi connectivity index (χ2n) is 2.91. The van der Waals surface area contributed by atoms with Crippen molar-refractivity contribution in [1.29, 1.82) is 5.26 Å². The number of hydrogen-bond acceptors (Lipinski definition) is 4. The zero-order valence-corrected chi connectivity index (χ0v) is 8.85. The lowest BCUT2D eigenvalue weighted by molar-refractivity contribution is 0.460. The van der Waals surface area contributed by atoms with Crippen LogP contribution in [-0.2, 0) is 0 Å². The normalized spacial score (nSPS) is 9.50. The molecule has 2 rings (SSSR count). The van der Waals surface area contributed by atoms with E-state index in [0.29, 0.717) is 16.7 Å². The first-order chi connectivity index (χ1) is 7.78. The maximum absolute atomic E-state index is 8.54. The molecule has 78 valence electrons. The Bertz CT molecular complexity index is 516. The van der Waals surface area contributed by atoms with E-state index in [4.69, 9.17) is 21.6 Å². The Kier molecular flexibility index (Phi) is 2.99. The van der Waals surface area contributed by atoms with Gasteiger partial charge in [-0.2, -0.15) is 5.26 Å². The predicted molar refractivity (Wildman–Crippen MR) is 58.3 cm³/mol. The molecule has 0 aliphatic rings. The third-order valence-electron chi connectivity index (χ3n) is 1.78. The average molecular weight is 232 g/mol. The number of benzene rings is 1. The van der Waals surface area contributed by atoms with E-state index in [2.05, 4.69) is 9.97 Å². The van der Waals surface area contributed by atoms with Crippen LogP contribution in [0, 0.1) is 11.3 Å². The summed E-state index contributed by atoms with van der Waals surface area (Å²) in [6, 6.07) is 8.76. The average Bonchev–Trinajstić information content (AvgIpc) is 2.33. The second-order valence-corrected chi connectivity index (χ2v) is 3.34. The van der Waals surface area contributed by atoms with E-state index in [0.717, 1.165) is 0 Å². The molecule has 0 amide bonds. The minimum atomic E-state index is 0.253. The summed E-state index contributed by atoms with van der Waals surface area (Å²) in [5, 5.41) is 9.18. The third-order valence-corrected chi connectivity index (χ3v) is 2.03. The van der Waals surface area contributed by atoms with Crippen LogP contribution >= 0.6 is 11.6 Å². The molecule has 0 spiro atoms. The quantitative estimate of drug-likeness (QED) is 0.797. The van der Waals surface area contributed by atoms with Crippen molar-refractivity contribution in [2.75, 3.05) is 0 Å². The number of hydrogen-bond donors (Lipinski definition) is 0. The molecule has 0 fully saturated rings. The van der Waals surface area contributed by atoms with Crippen molar-refractivity contribution in [2.24, 2.45) is 0 Å². The lowest BCUT2D eigenvalue weighted by Gasteiger charge is -2.03. The molecule has 0 N–H and O–H groups in total. The van der Waals surface area contributed by atoms with Crippen molar-refractivity contribution in [1.82, 2.24) is 9.97 Å². The van der Waals surface area contributed by atoms with Gasteiger partial charge in [-0.25, -0.2) is 9.97 Å². The molecule has 4 nitrogen and oxygen atoms in total. The Hall–Kier alpha value is -2.12. The highest BCUT2D eigenvalue weighted by Gasteiger charge is 1.99. The third kappa shape index (κ3) is 2.47. The zero-order chi connectivity index (χ0) is 11.4. The summed E-state index contributed by atoms with van der Waals surface area (Å²) in [6.07, 6.45) is 2.75. The first kappa shape index (κ1) is 10.4. The lowest BCUT2D eigenvalue weighted by Crippen LogP contribution is -1.90. The van der Waals surface area contributed by atoms with Gasteiger partial charge in [0.25, 0.3) is 0 Å². The van der Waals surface area contributed by atoms with Gasteiger partial charge in [0.2, 0.25) is 5.88 Å². The molecular formula is C11H6ClN3O. The summed E-state index contributed by atoms with van der Waals surface area (Å²) in [7, 11) is 0. The van der Waals surface area contributed by atoms with E-state index < -0.39 is 0 Å². The molecule has 0 aliphatic heterocycles. The Morgan fingerprint density at radius 3 is 2.44 bits per heavy atom. The number of ether oxygens (including phenoxy) is 1. The summed E-state index contributed by atoms with van der Waals surface area (Å²) < 4.78 is 5.39. The van der Waals surface area contributed by atoms with E-state index >= 15 is 0 Å². The summed E-state index contributed by atoms with van der Waals surface area (Å²) in [5.41, 5.74) is 0.253. The predicted octanol–water partition coefficient (Wildman–Crippen LogP) is 2.79. The topological polar surface area (TPSA) is 58.8 Å². The first-order valence-corrected chi connectivity index (χ1v) is 4.81. The Labute approximate surface area is 97.1 Å². The molecule has 0 bridgehead atoms. The van der Waals surface area contributed by atoms with Crippen LogP contribution in [0.4, 0.5) is 0 Å². The Morgan fingerprint density at radius 2 is 1.88 bits per heavy atom. The molecule has 2 aromatic rings. The van der Waals surface area contributed by atoms with Crippen LogP contribution in [-0.4, -0.2) is 9.97 Å². The van der Waals surface area contributed by atoms with Gasteiger partial charge in [-0.05, 0) is 24.3 Å². The fraction of sp³-hybridized carbons (Fsp3) is 0. The van der Waals surface area contributed by atoms with Gasteiger partial charge in [-0.1, -0.05) is 11.6 Å². The molecule has 0 atom stereocenters. The second kappa shape index (κ2) is 4.60. The Morgan fingerprint density at radius 1 is 1.12 bits per heavy atom. The molecule has 0 saturated heterocycles. The number of nitrogens with zero attached hydrogens (tertiary/aromatic N) is 3. The van der Waals surface area contributed by atoms with Gasteiger partial charge in [0.1, 0.15) is 11.8 Å². The van der Waals surface area contributed by atoms with E-state index in [1.54, 1.807) is 24.3 Å². The zero-order valence-electron chi connectivity index (χ0n) is 8.09. The summed E-state index contributed by atoms with van der Waals surface area (Å²) in [6.45, 7) is 0. The maximum atomic E-state index is 8.54. The van der Waals surface area contributed by atoms with E-state index in [-0.39, 0.29) is 5.69 Å². The summed E-state index contributed by atoms with van der Waals surface area (Å²) in [4.78, 5) is 7.76. The van der Waals surface area contributed by atoms with Crippen LogP contribution in [0.25, 0.3) is 0 Å². The number of aromatic nitrogens is 2. The first-order valence-electron chi connectivity index (χ1n) is 4.43. The molecule has 5 heteroatoms. The van der Waals surface area contributed by atoms with E-state index in [1.807, 2.05) is 6.07 Å². The molecular weight excluding hydrogens is 226 g/mol. The monoisotopic (exact) mass is 231 g/mol. The standard InChI is InChI=1S/C11H6ClN3O/c12-8-1-3-10(4-2-8)16-11-7-14-9(5-13)6-15-11/h1-4,6-7H. The van der Waals surface area contributed by atoms with Crippen molar-refractivity contribution in [3.05, 3.63) is 47.4 Å². The van der Waals surface area contributed by atoms with Crippen LogP contribution in [0.1, 0.15) is 5.69 Å². The van der Waals surface area contributed by atoms with Gasteiger partial charge in [-0.15, -0.1) is 0 Å². The SMILES string of the molecule is N#Cc1cnc(Oc2ccc(Cl)cc2)cn1. The van der Waals surface area contributed by atoms with Crippen molar-refractivity contribution in [2.45, 2.75) is 0 Å². The van der Waals surface area contributed by atoms with Gasteiger partial charge in [-0.3, -0.25) is 0 Å². The van der Waals surface area contributed by atoms with Crippen LogP contribution < -0.4 is 4.74 Å². The van der Waals surface area contributed by atoms with Crippen LogP contribution in [0.15, 0.2) is 36.7 Å². The molecule has 1 aromatic carbocycles. The number of halogens is 1. The fourth-order valence-electron chi connectivity index (χ4n) is 1.05. The van der Waals surface area contributed by atoms with Crippen molar-refractivity contribution >= 4 is 11.6 Å². The molecule has 0 radical (unpaired) electrons. The van der Waals surface area contributed by atoms with E-state index in [1.165, 1.54) is 12.4 Å². The molecule has 16 heavy (non-hydrogen) atoms. The molecule has 1 heterocycles. The van der Waals surface area contributed by atoms with Gasteiger partial charge in [0.15, 0.2) is 5.69 Å². The Balaban J connectivity index is 2.15. The highest BCUT2D eigenvalue weighted by molar-refractivity contribution is 6.30. The van der Waals surface area contributed by atoms with Gasteiger partial charge in [0, 0.05) is 5.02 Å². The van der Waals surface area contributed by atoms with Crippen molar-refractivity contribution in [3.8, 4) is 17.7 Å². The minimum Gasteiger partial charge on any atom is -0.438 e. The van der Waals surface area contributed by atoms with Gasteiger partial charge >= 0.3 is 0 Å². The van der Waals surface area contributed by atoms with Gasteiger partial charge in [0.05, 0.1) is 12.4 Å². The fourth-order valence-corrected chi connectivity index (χ4v) is 1.18. The summed E-state index contributed by atoms with van der Waals surface area (Å²) in [5.74, 6) is 0.949. The molecule has 0 saturated carbocycles.